The van der Waals surface area contributed by atoms with E-state index in [-0.39, 0.29) is 11.4 Å². The molecule has 2 rings (SSSR count). The van der Waals surface area contributed by atoms with Crippen molar-refractivity contribution >= 4 is 17.5 Å². The maximum atomic E-state index is 12.2. The van der Waals surface area contributed by atoms with Crippen molar-refractivity contribution < 1.29 is 9.53 Å². The molecule has 0 heterocycles. The van der Waals surface area contributed by atoms with Crippen LogP contribution >= 0.6 is 11.6 Å². The summed E-state index contributed by atoms with van der Waals surface area (Å²) < 4.78 is 5.11. The smallest absolute Gasteiger partial charge is 0.224 e. The van der Waals surface area contributed by atoms with Gasteiger partial charge in [0, 0.05) is 5.88 Å². The summed E-state index contributed by atoms with van der Waals surface area (Å²) in [5.74, 6) is 1.36. The number of alkyl halides is 1. The lowest BCUT2D eigenvalue weighted by Gasteiger charge is -2.36. The van der Waals surface area contributed by atoms with Crippen molar-refractivity contribution in [2.45, 2.75) is 44.1 Å². The topological polar surface area (TPSA) is 38.3 Å². The number of halogens is 1. The Kier molecular flexibility index (Phi) is 5.30. The average molecular weight is 296 g/mol. The molecule has 0 spiro atoms. The Balaban J connectivity index is 1.93. The van der Waals surface area contributed by atoms with Gasteiger partial charge in [-0.3, -0.25) is 4.79 Å². The summed E-state index contributed by atoms with van der Waals surface area (Å²) >= 11 is 6.09. The van der Waals surface area contributed by atoms with Gasteiger partial charge in [-0.15, -0.1) is 11.6 Å². The second-order valence-electron chi connectivity index (χ2n) is 5.55. The number of hydrogen-bond acceptors (Lipinski definition) is 2. The Morgan fingerprint density at radius 1 is 1.25 bits per heavy atom. The van der Waals surface area contributed by atoms with Gasteiger partial charge in [0.05, 0.1) is 19.1 Å². The molecule has 1 aromatic carbocycles. The lowest BCUT2D eigenvalue weighted by Crippen LogP contribution is -2.51. The molecule has 0 atom stereocenters. The van der Waals surface area contributed by atoms with Gasteiger partial charge in [-0.2, -0.15) is 0 Å². The van der Waals surface area contributed by atoms with Crippen molar-refractivity contribution in [3.63, 3.8) is 0 Å². The number of methoxy groups -OCH3 is 1. The van der Waals surface area contributed by atoms with Crippen LogP contribution in [0.15, 0.2) is 24.3 Å². The van der Waals surface area contributed by atoms with Crippen LogP contribution in [0.5, 0.6) is 5.75 Å². The first-order valence-corrected chi connectivity index (χ1v) is 7.71. The lowest BCUT2D eigenvalue weighted by atomic mass is 9.83. The van der Waals surface area contributed by atoms with Crippen molar-refractivity contribution in [3.8, 4) is 5.75 Å². The molecule has 1 aromatic rings. The molecule has 1 N–H and O–H groups in total. The van der Waals surface area contributed by atoms with Crippen LogP contribution < -0.4 is 10.1 Å². The quantitative estimate of drug-likeness (QED) is 0.847. The Morgan fingerprint density at radius 2 is 1.90 bits per heavy atom. The highest BCUT2D eigenvalue weighted by Crippen LogP contribution is 2.29. The predicted molar refractivity (Wildman–Crippen MR) is 81.4 cm³/mol. The Hall–Kier alpha value is -1.22. The monoisotopic (exact) mass is 295 g/mol. The zero-order valence-electron chi connectivity index (χ0n) is 12.0. The van der Waals surface area contributed by atoms with Gasteiger partial charge in [0.1, 0.15) is 5.75 Å². The molecule has 0 aliphatic heterocycles. The zero-order valence-corrected chi connectivity index (χ0v) is 12.7. The molecule has 1 amide bonds. The number of ether oxygens (including phenoxy) is 1. The molecule has 0 bridgehead atoms. The largest absolute Gasteiger partial charge is 0.497 e. The minimum Gasteiger partial charge on any atom is -0.497 e. The third-order valence-corrected chi connectivity index (χ3v) is 4.51. The fraction of sp³-hybridized carbons (Fsp3) is 0.562. The molecule has 0 unspecified atom stereocenters. The second kappa shape index (κ2) is 6.98. The van der Waals surface area contributed by atoms with E-state index in [0.29, 0.717) is 12.3 Å². The first-order valence-electron chi connectivity index (χ1n) is 7.17. The van der Waals surface area contributed by atoms with Gasteiger partial charge < -0.3 is 10.1 Å². The number of nitrogens with one attached hydrogen (secondary N) is 1. The fourth-order valence-electron chi connectivity index (χ4n) is 2.79. The van der Waals surface area contributed by atoms with Gasteiger partial charge in [0.25, 0.3) is 0 Å². The van der Waals surface area contributed by atoms with Crippen molar-refractivity contribution in [2.24, 2.45) is 0 Å². The molecule has 0 saturated heterocycles. The van der Waals surface area contributed by atoms with Gasteiger partial charge in [-0.25, -0.2) is 0 Å². The molecule has 3 nitrogen and oxygen atoms in total. The molecule has 1 saturated carbocycles. The Bertz CT molecular complexity index is 438. The molecule has 1 fully saturated rings. The minimum absolute atomic E-state index is 0.0534. The SMILES string of the molecule is COc1ccc(CC(=O)NC2(CCl)CCCCC2)cc1. The summed E-state index contributed by atoms with van der Waals surface area (Å²) in [7, 11) is 1.63. The van der Waals surface area contributed by atoms with Gasteiger partial charge in [0.2, 0.25) is 5.91 Å². The van der Waals surface area contributed by atoms with Crippen LogP contribution in [0.25, 0.3) is 0 Å². The zero-order chi connectivity index (χ0) is 14.4. The van der Waals surface area contributed by atoms with Gasteiger partial charge >= 0.3 is 0 Å². The molecule has 4 heteroatoms. The summed E-state index contributed by atoms with van der Waals surface area (Å²) in [4.78, 5) is 12.2. The average Bonchev–Trinajstić information content (AvgIpc) is 2.49. The molecule has 0 aromatic heterocycles. The highest BCUT2D eigenvalue weighted by atomic mass is 35.5. The minimum atomic E-state index is -0.191. The number of benzene rings is 1. The number of amides is 1. The number of rotatable bonds is 5. The van der Waals surface area contributed by atoms with Gasteiger partial charge in [-0.05, 0) is 30.5 Å². The predicted octanol–water partition coefficient (Wildman–Crippen LogP) is 3.30. The number of carbonyl (C=O) groups excluding carboxylic acids is 1. The summed E-state index contributed by atoms with van der Waals surface area (Å²) in [6.07, 6.45) is 5.91. The molecular weight excluding hydrogens is 274 g/mol. The summed E-state index contributed by atoms with van der Waals surface area (Å²) in [5, 5.41) is 3.16. The molecular formula is C16H22ClNO2. The van der Waals surface area contributed by atoms with E-state index in [1.165, 1.54) is 6.42 Å². The first kappa shape index (κ1) is 15.2. The molecule has 20 heavy (non-hydrogen) atoms. The van der Waals surface area contributed by atoms with E-state index < -0.39 is 0 Å². The molecule has 110 valence electrons. The van der Waals surface area contributed by atoms with E-state index in [1.54, 1.807) is 7.11 Å². The Labute approximate surface area is 125 Å². The number of carbonyl (C=O) groups is 1. The molecule has 1 aliphatic carbocycles. The van der Waals surface area contributed by atoms with Crippen LogP contribution in [0, 0.1) is 0 Å². The van der Waals surface area contributed by atoms with E-state index in [0.717, 1.165) is 37.0 Å². The van der Waals surface area contributed by atoms with Crippen molar-refractivity contribution in [3.05, 3.63) is 29.8 Å². The van der Waals surface area contributed by atoms with Crippen molar-refractivity contribution in [1.29, 1.82) is 0 Å². The van der Waals surface area contributed by atoms with Crippen molar-refractivity contribution in [1.82, 2.24) is 5.32 Å². The highest BCUT2D eigenvalue weighted by Gasteiger charge is 2.32. The standard InChI is InChI=1S/C16H22ClNO2/c1-20-14-7-5-13(6-8-14)11-15(19)18-16(12-17)9-3-2-4-10-16/h5-8H,2-4,9-12H2,1H3,(H,18,19). The summed E-state index contributed by atoms with van der Waals surface area (Å²) in [5.41, 5.74) is 0.799. The Morgan fingerprint density at radius 3 is 2.45 bits per heavy atom. The summed E-state index contributed by atoms with van der Waals surface area (Å²) in [6, 6.07) is 7.60. The fourth-order valence-corrected chi connectivity index (χ4v) is 3.12. The van der Waals surface area contributed by atoms with E-state index in [1.807, 2.05) is 24.3 Å². The maximum absolute atomic E-state index is 12.2. The van der Waals surface area contributed by atoms with Gasteiger partial charge in [-0.1, -0.05) is 31.4 Å². The second-order valence-corrected chi connectivity index (χ2v) is 5.81. The lowest BCUT2D eigenvalue weighted by molar-refractivity contribution is -0.122. The third kappa shape index (κ3) is 3.89. The molecule has 0 radical (unpaired) electrons. The van der Waals surface area contributed by atoms with Crippen molar-refractivity contribution in [2.75, 3.05) is 13.0 Å². The van der Waals surface area contributed by atoms with Crippen LogP contribution in [0.3, 0.4) is 0 Å². The van der Waals surface area contributed by atoms with Crippen LogP contribution in [-0.2, 0) is 11.2 Å². The van der Waals surface area contributed by atoms with E-state index in [4.69, 9.17) is 16.3 Å². The van der Waals surface area contributed by atoms with E-state index in [9.17, 15) is 4.79 Å². The van der Waals surface area contributed by atoms with Crippen LogP contribution in [0.2, 0.25) is 0 Å². The highest BCUT2D eigenvalue weighted by molar-refractivity contribution is 6.18. The van der Waals surface area contributed by atoms with Crippen LogP contribution in [-0.4, -0.2) is 24.4 Å². The molecule has 1 aliphatic rings. The normalized spacial score (nSPS) is 17.5. The van der Waals surface area contributed by atoms with E-state index >= 15 is 0 Å². The summed E-state index contributed by atoms with van der Waals surface area (Å²) in [6.45, 7) is 0. The van der Waals surface area contributed by atoms with Crippen LogP contribution in [0.4, 0.5) is 0 Å². The third-order valence-electron chi connectivity index (χ3n) is 3.99. The van der Waals surface area contributed by atoms with E-state index in [2.05, 4.69) is 5.32 Å². The first-order chi connectivity index (χ1) is 9.67. The van der Waals surface area contributed by atoms with Crippen LogP contribution in [0.1, 0.15) is 37.7 Å². The maximum Gasteiger partial charge on any atom is 0.224 e. The number of hydrogen-bond donors (Lipinski definition) is 1. The van der Waals surface area contributed by atoms with Gasteiger partial charge in [0.15, 0.2) is 0 Å².